The van der Waals surface area contributed by atoms with Crippen LogP contribution in [0, 0.1) is 17.8 Å². The molecule has 4 atom stereocenters. The minimum absolute atomic E-state index is 0.0121. The lowest BCUT2D eigenvalue weighted by atomic mass is 9.54. The molecule has 1 fully saturated rings. The summed E-state index contributed by atoms with van der Waals surface area (Å²) in [6, 6.07) is 0. The maximum Gasteiger partial charge on any atom is 0.168 e. The smallest absolute Gasteiger partial charge is 0.168 e. The molecule has 19 heavy (non-hydrogen) atoms. The summed E-state index contributed by atoms with van der Waals surface area (Å²) in [5.74, 6) is -1.25. The monoisotopic (exact) mass is 266 g/mol. The SMILES string of the molecule is CC1=C[C@]2(O)[C@H](CC1=O)[C@@H](C)CC(=O)[C@]2(O)C(C)C. The molecule has 0 saturated heterocycles. The van der Waals surface area contributed by atoms with E-state index in [1.807, 2.05) is 6.92 Å². The molecule has 0 heterocycles. The summed E-state index contributed by atoms with van der Waals surface area (Å²) in [4.78, 5) is 24.1. The third-order valence-corrected chi connectivity index (χ3v) is 4.91. The van der Waals surface area contributed by atoms with Gasteiger partial charge in [-0.25, -0.2) is 0 Å². The second-order valence-corrected chi connectivity index (χ2v) is 6.41. The predicted molar refractivity (Wildman–Crippen MR) is 70.4 cm³/mol. The van der Waals surface area contributed by atoms with Gasteiger partial charge in [-0.05, 0) is 30.4 Å². The van der Waals surface area contributed by atoms with Gasteiger partial charge in [0.25, 0.3) is 0 Å². The summed E-state index contributed by atoms with van der Waals surface area (Å²) >= 11 is 0. The van der Waals surface area contributed by atoms with Crippen molar-refractivity contribution in [1.29, 1.82) is 0 Å². The molecule has 106 valence electrons. The van der Waals surface area contributed by atoms with E-state index in [0.29, 0.717) is 5.57 Å². The summed E-state index contributed by atoms with van der Waals surface area (Å²) in [6.07, 6.45) is 1.82. The van der Waals surface area contributed by atoms with Crippen molar-refractivity contribution in [3.63, 3.8) is 0 Å². The first-order valence-electron chi connectivity index (χ1n) is 6.85. The highest BCUT2D eigenvalue weighted by Crippen LogP contribution is 2.50. The van der Waals surface area contributed by atoms with Gasteiger partial charge in [-0.15, -0.1) is 0 Å². The van der Waals surface area contributed by atoms with Crippen molar-refractivity contribution in [2.24, 2.45) is 17.8 Å². The largest absolute Gasteiger partial charge is 0.382 e. The maximum absolute atomic E-state index is 12.3. The Morgan fingerprint density at radius 3 is 2.37 bits per heavy atom. The number of rotatable bonds is 1. The Kier molecular flexibility index (Phi) is 3.22. The average Bonchev–Trinajstić information content (AvgIpc) is 2.30. The average molecular weight is 266 g/mol. The minimum atomic E-state index is -1.80. The summed E-state index contributed by atoms with van der Waals surface area (Å²) in [6.45, 7) is 6.93. The fraction of sp³-hybridized carbons (Fsp3) is 0.733. The van der Waals surface area contributed by atoms with Crippen molar-refractivity contribution in [3.05, 3.63) is 11.6 Å². The maximum atomic E-state index is 12.3. The minimum Gasteiger partial charge on any atom is -0.382 e. The molecule has 0 amide bonds. The molecule has 0 aliphatic heterocycles. The summed E-state index contributed by atoms with van der Waals surface area (Å²) in [5.41, 5.74) is -3.00. The van der Waals surface area contributed by atoms with Gasteiger partial charge in [-0.3, -0.25) is 9.59 Å². The summed E-state index contributed by atoms with van der Waals surface area (Å²) < 4.78 is 0. The lowest BCUT2D eigenvalue weighted by Gasteiger charge is -2.54. The van der Waals surface area contributed by atoms with Crippen LogP contribution in [0.25, 0.3) is 0 Å². The number of aliphatic hydroxyl groups is 2. The van der Waals surface area contributed by atoms with Crippen LogP contribution < -0.4 is 0 Å². The van der Waals surface area contributed by atoms with Gasteiger partial charge in [-0.1, -0.05) is 20.8 Å². The van der Waals surface area contributed by atoms with Crippen molar-refractivity contribution in [3.8, 4) is 0 Å². The fourth-order valence-corrected chi connectivity index (χ4v) is 3.66. The first-order valence-corrected chi connectivity index (χ1v) is 6.85. The van der Waals surface area contributed by atoms with Gasteiger partial charge in [-0.2, -0.15) is 0 Å². The van der Waals surface area contributed by atoms with Crippen molar-refractivity contribution in [2.45, 2.75) is 51.7 Å². The van der Waals surface area contributed by atoms with Gasteiger partial charge < -0.3 is 10.2 Å². The number of ketones is 2. The molecule has 4 nitrogen and oxygen atoms in total. The van der Waals surface area contributed by atoms with Crippen LogP contribution in [-0.4, -0.2) is 33.0 Å². The molecule has 0 radical (unpaired) electrons. The van der Waals surface area contributed by atoms with Crippen LogP contribution in [0.5, 0.6) is 0 Å². The van der Waals surface area contributed by atoms with Crippen molar-refractivity contribution in [2.75, 3.05) is 0 Å². The Morgan fingerprint density at radius 1 is 1.26 bits per heavy atom. The zero-order valence-corrected chi connectivity index (χ0v) is 11.9. The standard InChI is InChI=1S/C15H22O4/c1-8(2)15(19)13(17)5-9(3)11-6-12(16)10(4)7-14(11,15)18/h7-9,11,18-19H,5-6H2,1-4H3/t9-,11+,14-,15+/m0/s1. The molecule has 4 heteroatoms. The van der Waals surface area contributed by atoms with Crippen molar-refractivity contribution >= 4 is 11.6 Å². The van der Waals surface area contributed by atoms with E-state index >= 15 is 0 Å². The molecular formula is C15H22O4. The first kappa shape index (κ1) is 14.4. The predicted octanol–water partition coefficient (Wildman–Crippen LogP) is 1.25. The number of Topliss-reactive ketones (excluding diaryl/α,β-unsaturated/α-hetero) is 2. The molecule has 0 spiro atoms. The van der Waals surface area contributed by atoms with Crippen LogP contribution in [0.3, 0.4) is 0 Å². The highest BCUT2D eigenvalue weighted by atomic mass is 16.4. The highest BCUT2D eigenvalue weighted by Gasteiger charge is 2.64. The van der Waals surface area contributed by atoms with E-state index in [2.05, 4.69) is 0 Å². The van der Waals surface area contributed by atoms with Crippen LogP contribution in [0.15, 0.2) is 11.6 Å². The zero-order valence-electron chi connectivity index (χ0n) is 11.9. The van der Waals surface area contributed by atoms with Gasteiger partial charge in [0.1, 0.15) is 5.60 Å². The molecule has 2 aliphatic carbocycles. The number of fused-ring (bicyclic) bond motifs is 1. The highest BCUT2D eigenvalue weighted by molar-refractivity contribution is 5.98. The van der Waals surface area contributed by atoms with Gasteiger partial charge in [0.05, 0.1) is 0 Å². The Morgan fingerprint density at radius 2 is 1.84 bits per heavy atom. The van der Waals surface area contributed by atoms with Crippen molar-refractivity contribution < 1.29 is 19.8 Å². The normalized spacial score (nSPS) is 43.2. The van der Waals surface area contributed by atoms with Gasteiger partial charge in [0.15, 0.2) is 17.2 Å². The fourth-order valence-electron chi connectivity index (χ4n) is 3.66. The van der Waals surface area contributed by atoms with E-state index in [1.54, 1.807) is 20.8 Å². The zero-order chi connectivity index (χ0) is 14.6. The number of carbonyl (C=O) groups is 2. The van der Waals surface area contributed by atoms with E-state index < -0.39 is 23.0 Å². The van der Waals surface area contributed by atoms with Crippen molar-refractivity contribution in [1.82, 2.24) is 0 Å². The molecule has 1 saturated carbocycles. The number of hydrogen-bond donors (Lipinski definition) is 2. The number of allylic oxidation sites excluding steroid dienone is 1. The second kappa shape index (κ2) is 4.25. The Balaban J connectivity index is 2.63. The summed E-state index contributed by atoms with van der Waals surface area (Å²) in [7, 11) is 0. The molecule has 2 rings (SSSR count). The Bertz CT molecular complexity index is 465. The Labute approximate surface area is 113 Å². The van der Waals surface area contributed by atoms with Crippen LogP contribution in [-0.2, 0) is 9.59 Å². The van der Waals surface area contributed by atoms with E-state index in [0.717, 1.165) is 0 Å². The molecule has 0 unspecified atom stereocenters. The molecule has 2 N–H and O–H groups in total. The van der Waals surface area contributed by atoms with Crippen LogP contribution in [0.1, 0.15) is 40.5 Å². The molecule has 0 aromatic heterocycles. The second-order valence-electron chi connectivity index (χ2n) is 6.41. The van der Waals surface area contributed by atoms with Crippen LogP contribution >= 0.6 is 0 Å². The first-order chi connectivity index (χ1) is 8.64. The quantitative estimate of drug-likeness (QED) is 0.749. The van der Waals surface area contributed by atoms with Crippen LogP contribution in [0.2, 0.25) is 0 Å². The third kappa shape index (κ3) is 1.73. The van der Waals surface area contributed by atoms with Crippen LogP contribution in [0.4, 0.5) is 0 Å². The van der Waals surface area contributed by atoms with Gasteiger partial charge >= 0.3 is 0 Å². The lowest BCUT2D eigenvalue weighted by molar-refractivity contribution is -0.208. The molecule has 0 aromatic carbocycles. The summed E-state index contributed by atoms with van der Waals surface area (Å²) in [5, 5.41) is 21.8. The Hall–Kier alpha value is -1.00. The third-order valence-electron chi connectivity index (χ3n) is 4.91. The molecule has 2 aliphatic rings. The van der Waals surface area contributed by atoms with E-state index in [1.165, 1.54) is 6.08 Å². The van der Waals surface area contributed by atoms with Gasteiger partial charge in [0.2, 0.25) is 0 Å². The number of carbonyl (C=O) groups excluding carboxylic acids is 2. The van der Waals surface area contributed by atoms with E-state index in [4.69, 9.17) is 0 Å². The lowest BCUT2D eigenvalue weighted by Crippen LogP contribution is -2.70. The van der Waals surface area contributed by atoms with E-state index in [9.17, 15) is 19.8 Å². The van der Waals surface area contributed by atoms with Gasteiger partial charge in [0, 0.05) is 18.8 Å². The topological polar surface area (TPSA) is 74.6 Å². The number of hydrogen-bond acceptors (Lipinski definition) is 4. The molecule has 0 bridgehead atoms. The molecule has 0 aromatic rings. The van der Waals surface area contributed by atoms with E-state index in [-0.39, 0.29) is 30.3 Å². The molecular weight excluding hydrogens is 244 g/mol.